The van der Waals surface area contributed by atoms with E-state index in [-0.39, 0.29) is 24.4 Å². The van der Waals surface area contributed by atoms with Crippen LogP contribution in [0, 0.1) is 0 Å². The highest BCUT2D eigenvalue weighted by Crippen LogP contribution is 2.32. The van der Waals surface area contributed by atoms with E-state index >= 15 is 0 Å². The van der Waals surface area contributed by atoms with Crippen LogP contribution in [0.3, 0.4) is 0 Å². The largest absolute Gasteiger partial charge is 0.472 e. The van der Waals surface area contributed by atoms with E-state index in [9.17, 15) is 18.0 Å². The Balaban J connectivity index is 0.00000289. The topological polar surface area (TPSA) is 68.5 Å². The van der Waals surface area contributed by atoms with Gasteiger partial charge in [-0.2, -0.15) is 13.2 Å². The maximum Gasteiger partial charge on any atom is 0.417 e. The summed E-state index contributed by atoms with van der Waals surface area (Å²) in [6, 6.07) is 17.4. The van der Waals surface area contributed by atoms with Gasteiger partial charge in [0.05, 0.1) is 17.7 Å². The molecule has 1 atom stereocenters. The second-order valence-electron chi connectivity index (χ2n) is 7.32. The molecular weight excluding hydrogens is 443 g/mol. The smallest absolute Gasteiger partial charge is 0.417 e. The number of aromatic nitrogens is 1. The summed E-state index contributed by atoms with van der Waals surface area (Å²) in [4.78, 5) is 17.9. The van der Waals surface area contributed by atoms with Crippen LogP contribution in [0.5, 0.6) is 5.88 Å². The van der Waals surface area contributed by atoms with E-state index in [1.807, 2.05) is 47.4 Å². The fourth-order valence-electron chi connectivity index (χ4n) is 3.65. The number of hydrogen-bond acceptors (Lipinski definition) is 4. The quantitative estimate of drug-likeness (QED) is 0.581. The molecular formula is C23H21ClF3N3O2. The molecule has 2 heterocycles. The van der Waals surface area contributed by atoms with Crippen molar-refractivity contribution in [2.75, 3.05) is 18.0 Å². The lowest BCUT2D eigenvalue weighted by Crippen LogP contribution is -2.27. The molecule has 4 rings (SSSR count). The molecule has 0 bridgehead atoms. The number of carbonyl (C=O) groups is 1. The average molecular weight is 464 g/mol. The Morgan fingerprint density at radius 1 is 1.06 bits per heavy atom. The summed E-state index contributed by atoms with van der Waals surface area (Å²) < 4.78 is 43.8. The number of nitrogens with two attached hydrogens (primary N) is 1. The van der Waals surface area contributed by atoms with E-state index in [2.05, 4.69) is 4.98 Å². The van der Waals surface area contributed by atoms with Gasteiger partial charge in [0, 0.05) is 30.9 Å². The van der Waals surface area contributed by atoms with Crippen LogP contribution < -0.4 is 15.4 Å². The standard InChI is InChI=1S/C23H20F3N3O2.ClH/c24-23(25,26)17-7-9-21(28-13-17)31-18-10-11-29(14-18)20-8-6-16(12-19(20)22(27)30)15-4-2-1-3-5-15;/h1-9,12-13,18H,10-11,14H2,(H2,27,30);1H/t18-;/m0./s1. The molecule has 0 spiro atoms. The van der Waals surface area contributed by atoms with Crippen LogP contribution in [0.15, 0.2) is 66.9 Å². The first-order chi connectivity index (χ1) is 14.8. The van der Waals surface area contributed by atoms with Crippen molar-refractivity contribution in [3.8, 4) is 17.0 Å². The Morgan fingerprint density at radius 2 is 1.81 bits per heavy atom. The second kappa shape index (κ2) is 9.48. The molecule has 1 saturated heterocycles. The van der Waals surface area contributed by atoms with Gasteiger partial charge >= 0.3 is 6.18 Å². The van der Waals surface area contributed by atoms with Crippen molar-refractivity contribution >= 4 is 24.0 Å². The fraction of sp³-hybridized carbons (Fsp3) is 0.217. The molecule has 1 amide bonds. The van der Waals surface area contributed by atoms with E-state index in [4.69, 9.17) is 10.5 Å². The maximum absolute atomic E-state index is 12.7. The van der Waals surface area contributed by atoms with Gasteiger partial charge < -0.3 is 15.4 Å². The highest BCUT2D eigenvalue weighted by molar-refractivity contribution is 6.00. The summed E-state index contributed by atoms with van der Waals surface area (Å²) in [5.41, 5.74) is 7.80. The first kappa shape index (κ1) is 23.4. The molecule has 5 nitrogen and oxygen atoms in total. The molecule has 1 aliphatic rings. The molecule has 0 unspecified atom stereocenters. The SMILES string of the molecule is Cl.NC(=O)c1cc(-c2ccccc2)ccc1N1CC[C@H](Oc2ccc(C(F)(F)F)cn2)C1. The van der Waals surface area contributed by atoms with Crippen molar-refractivity contribution in [1.82, 2.24) is 4.98 Å². The monoisotopic (exact) mass is 463 g/mol. The third-order valence-corrected chi connectivity index (χ3v) is 5.21. The van der Waals surface area contributed by atoms with Crippen LogP contribution in [0.4, 0.5) is 18.9 Å². The van der Waals surface area contributed by atoms with E-state index in [0.29, 0.717) is 30.8 Å². The van der Waals surface area contributed by atoms with Crippen LogP contribution in [0.1, 0.15) is 22.3 Å². The zero-order valence-electron chi connectivity index (χ0n) is 16.9. The molecule has 9 heteroatoms. The van der Waals surface area contributed by atoms with Gasteiger partial charge in [-0.15, -0.1) is 12.4 Å². The van der Waals surface area contributed by atoms with Gasteiger partial charge in [0.1, 0.15) is 6.10 Å². The van der Waals surface area contributed by atoms with Crippen LogP contribution in [-0.4, -0.2) is 30.1 Å². The Bertz CT molecular complexity index is 1080. The molecule has 0 saturated carbocycles. The predicted octanol–water partition coefficient (Wildman–Crippen LogP) is 4.95. The fourth-order valence-corrected chi connectivity index (χ4v) is 3.65. The molecule has 2 aromatic carbocycles. The van der Waals surface area contributed by atoms with Crippen LogP contribution in [0.2, 0.25) is 0 Å². The molecule has 168 valence electrons. The van der Waals surface area contributed by atoms with Gasteiger partial charge in [-0.1, -0.05) is 36.4 Å². The highest BCUT2D eigenvalue weighted by Gasteiger charge is 2.31. The summed E-state index contributed by atoms with van der Waals surface area (Å²) in [5.74, 6) is -0.393. The van der Waals surface area contributed by atoms with Gasteiger partial charge in [0.2, 0.25) is 5.88 Å². The third kappa shape index (κ3) is 5.13. The summed E-state index contributed by atoms with van der Waals surface area (Å²) in [6.45, 7) is 1.09. The van der Waals surface area contributed by atoms with Crippen LogP contribution >= 0.6 is 12.4 Å². The van der Waals surface area contributed by atoms with Crippen LogP contribution in [0.25, 0.3) is 11.1 Å². The van der Waals surface area contributed by atoms with Gasteiger partial charge in [-0.3, -0.25) is 4.79 Å². The number of hydrogen-bond donors (Lipinski definition) is 1. The number of carbonyl (C=O) groups excluding carboxylic acids is 1. The number of benzene rings is 2. The number of amides is 1. The number of halogens is 4. The number of primary amides is 1. The molecule has 3 aromatic rings. The van der Waals surface area contributed by atoms with Gasteiger partial charge in [-0.25, -0.2) is 4.98 Å². The molecule has 1 aromatic heterocycles. The van der Waals surface area contributed by atoms with E-state index < -0.39 is 17.6 Å². The third-order valence-electron chi connectivity index (χ3n) is 5.21. The molecule has 1 fully saturated rings. The first-order valence-electron chi connectivity index (χ1n) is 9.75. The zero-order valence-corrected chi connectivity index (χ0v) is 17.7. The Kier molecular flexibility index (Phi) is 6.93. The van der Waals surface area contributed by atoms with E-state index in [0.717, 1.165) is 23.4 Å². The van der Waals surface area contributed by atoms with Gasteiger partial charge in [0.15, 0.2) is 0 Å². The zero-order chi connectivity index (χ0) is 22.0. The Morgan fingerprint density at radius 3 is 2.44 bits per heavy atom. The normalized spacial score (nSPS) is 15.8. The minimum absolute atomic E-state index is 0. The molecule has 0 aliphatic carbocycles. The lowest BCUT2D eigenvalue weighted by molar-refractivity contribution is -0.137. The lowest BCUT2D eigenvalue weighted by Gasteiger charge is -2.22. The molecule has 0 radical (unpaired) electrons. The summed E-state index contributed by atoms with van der Waals surface area (Å²) in [7, 11) is 0. The highest BCUT2D eigenvalue weighted by atomic mass is 35.5. The van der Waals surface area contributed by atoms with Crippen molar-refractivity contribution in [3.63, 3.8) is 0 Å². The van der Waals surface area contributed by atoms with Crippen molar-refractivity contribution < 1.29 is 22.7 Å². The number of nitrogens with zero attached hydrogens (tertiary/aromatic N) is 2. The summed E-state index contributed by atoms with van der Waals surface area (Å²) >= 11 is 0. The minimum atomic E-state index is -4.44. The molecule has 2 N–H and O–H groups in total. The number of pyridine rings is 1. The first-order valence-corrected chi connectivity index (χ1v) is 9.75. The maximum atomic E-state index is 12.7. The number of anilines is 1. The second-order valence-corrected chi connectivity index (χ2v) is 7.32. The predicted molar refractivity (Wildman–Crippen MR) is 118 cm³/mol. The van der Waals surface area contributed by atoms with Crippen molar-refractivity contribution in [3.05, 3.63) is 78.0 Å². The Labute approximate surface area is 189 Å². The molecule has 32 heavy (non-hydrogen) atoms. The molecule has 1 aliphatic heterocycles. The number of ether oxygens (including phenoxy) is 1. The van der Waals surface area contributed by atoms with Crippen molar-refractivity contribution in [2.24, 2.45) is 5.73 Å². The van der Waals surface area contributed by atoms with Gasteiger partial charge in [0.25, 0.3) is 5.91 Å². The van der Waals surface area contributed by atoms with Gasteiger partial charge in [-0.05, 0) is 29.3 Å². The summed E-state index contributed by atoms with van der Waals surface area (Å²) in [6.07, 6.45) is -3.30. The van der Waals surface area contributed by atoms with Crippen molar-refractivity contribution in [2.45, 2.75) is 18.7 Å². The van der Waals surface area contributed by atoms with Crippen molar-refractivity contribution in [1.29, 1.82) is 0 Å². The van der Waals surface area contributed by atoms with E-state index in [1.54, 1.807) is 6.07 Å². The summed E-state index contributed by atoms with van der Waals surface area (Å²) in [5, 5.41) is 0. The Hall–Kier alpha value is -3.26. The van der Waals surface area contributed by atoms with Crippen LogP contribution in [-0.2, 0) is 6.18 Å². The number of rotatable bonds is 5. The lowest BCUT2D eigenvalue weighted by atomic mass is 10.0. The number of alkyl halides is 3. The minimum Gasteiger partial charge on any atom is -0.472 e. The van der Waals surface area contributed by atoms with E-state index in [1.165, 1.54) is 6.07 Å². The average Bonchev–Trinajstić information content (AvgIpc) is 3.22.